The number of hydrogen-bond acceptors (Lipinski definition) is 5. The van der Waals surface area contributed by atoms with Gasteiger partial charge in [0.2, 0.25) is 0 Å². The van der Waals surface area contributed by atoms with Gasteiger partial charge < -0.3 is 10.1 Å². The highest BCUT2D eigenvalue weighted by Crippen LogP contribution is 2.25. The van der Waals surface area contributed by atoms with Gasteiger partial charge in [0, 0.05) is 37.3 Å². The highest BCUT2D eigenvalue weighted by molar-refractivity contribution is 5.95. The first-order valence-electron chi connectivity index (χ1n) is 9.49. The predicted octanol–water partition coefficient (Wildman–Crippen LogP) is 3.18. The van der Waals surface area contributed by atoms with Crippen LogP contribution in [0, 0.1) is 17.0 Å². The van der Waals surface area contributed by atoms with E-state index < -0.39 is 4.92 Å². The summed E-state index contributed by atoms with van der Waals surface area (Å²) in [7, 11) is 0. The lowest BCUT2D eigenvalue weighted by atomic mass is 10.0. The van der Waals surface area contributed by atoms with Crippen LogP contribution in [0.5, 0.6) is 5.75 Å². The van der Waals surface area contributed by atoms with E-state index in [4.69, 9.17) is 4.74 Å². The van der Waals surface area contributed by atoms with Crippen LogP contribution in [-0.4, -0.2) is 48.0 Å². The van der Waals surface area contributed by atoms with Gasteiger partial charge in [0.05, 0.1) is 4.92 Å². The molecule has 0 bridgehead atoms. The summed E-state index contributed by atoms with van der Waals surface area (Å²) in [6.45, 7) is 4.75. The number of likely N-dealkylation sites (tertiary alicyclic amines) is 1. The summed E-state index contributed by atoms with van der Waals surface area (Å²) in [6, 6.07) is 14.2. The van der Waals surface area contributed by atoms with Gasteiger partial charge in [0.1, 0.15) is 6.61 Å². The SMILES string of the molecule is Cc1ccccc1C(=O)NC1CCN(CCOc2ccccc2[N+](=O)[O-])CC1. The fourth-order valence-corrected chi connectivity index (χ4v) is 3.41. The molecule has 7 nitrogen and oxygen atoms in total. The summed E-state index contributed by atoms with van der Waals surface area (Å²) in [5.41, 5.74) is 1.69. The average molecular weight is 383 g/mol. The molecule has 0 aliphatic carbocycles. The lowest BCUT2D eigenvalue weighted by Crippen LogP contribution is -2.45. The van der Waals surface area contributed by atoms with E-state index in [0.29, 0.717) is 18.9 Å². The first kappa shape index (κ1) is 19.8. The van der Waals surface area contributed by atoms with Crippen molar-refractivity contribution < 1.29 is 14.5 Å². The van der Waals surface area contributed by atoms with Crippen molar-refractivity contribution in [1.82, 2.24) is 10.2 Å². The average Bonchev–Trinajstić information content (AvgIpc) is 2.70. The number of carbonyl (C=O) groups is 1. The Morgan fingerprint density at radius 2 is 1.86 bits per heavy atom. The molecule has 1 N–H and O–H groups in total. The molecule has 3 rings (SSSR count). The Morgan fingerprint density at radius 3 is 2.57 bits per heavy atom. The zero-order valence-electron chi connectivity index (χ0n) is 16.0. The van der Waals surface area contributed by atoms with E-state index in [9.17, 15) is 14.9 Å². The Labute approximate surface area is 164 Å². The summed E-state index contributed by atoms with van der Waals surface area (Å²) < 4.78 is 5.61. The molecule has 1 heterocycles. The minimum atomic E-state index is -0.433. The van der Waals surface area contributed by atoms with Crippen LogP contribution in [0.4, 0.5) is 5.69 Å². The van der Waals surface area contributed by atoms with Crippen LogP contribution >= 0.6 is 0 Å². The van der Waals surface area contributed by atoms with Crippen molar-refractivity contribution in [2.24, 2.45) is 0 Å². The zero-order chi connectivity index (χ0) is 19.9. The number of nitro benzene ring substituents is 1. The molecule has 1 aliphatic heterocycles. The van der Waals surface area contributed by atoms with E-state index in [0.717, 1.165) is 37.1 Å². The molecule has 148 valence electrons. The number of ether oxygens (including phenoxy) is 1. The van der Waals surface area contributed by atoms with Crippen molar-refractivity contribution in [3.05, 3.63) is 69.8 Å². The van der Waals surface area contributed by atoms with Gasteiger partial charge in [-0.05, 0) is 37.5 Å². The maximum Gasteiger partial charge on any atom is 0.310 e. The van der Waals surface area contributed by atoms with Gasteiger partial charge >= 0.3 is 5.69 Å². The number of nitrogens with zero attached hydrogens (tertiary/aromatic N) is 2. The number of hydrogen-bond donors (Lipinski definition) is 1. The number of nitrogens with one attached hydrogen (secondary N) is 1. The quantitative estimate of drug-likeness (QED) is 0.586. The lowest BCUT2D eigenvalue weighted by molar-refractivity contribution is -0.385. The number of amides is 1. The van der Waals surface area contributed by atoms with Gasteiger partial charge in [-0.2, -0.15) is 0 Å². The molecule has 1 fully saturated rings. The van der Waals surface area contributed by atoms with Crippen molar-refractivity contribution in [3.63, 3.8) is 0 Å². The van der Waals surface area contributed by atoms with Crippen LogP contribution in [0.3, 0.4) is 0 Å². The van der Waals surface area contributed by atoms with Crippen molar-refractivity contribution in [2.75, 3.05) is 26.2 Å². The van der Waals surface area contributed by atoms with Gasteiger partial charge in [-0.3, -0.25) is 19.8 Å². The molecule has 0 aromatic heterocycles. The third kappa shape index (κ3) is 5.07. The van der Waals surface area contributed by atoms with Crippen molar-refractivity contribution >= 4 is 11.6 Å². The van der Waals surface area contributed by atoms with E-state index >= 15 is 0 Å². The molecule has 1 amide bonds. The Kier molecular flexibility index (Phi) is 6.60. The first-order valence-corrected chi connectivity index (χ1v) is 9.49. The molecule has 28 heavy (non-hydrogen) atoms. The van der Waals surface area contributed by atoms with Crippen LogP contribution in [0.2, 0.25) is 0 Å². The second-order valence-corrected chi connectivity index (χ2v) is 6.98. The summed E-state index contributed by atoms with van der Waals surface area (Å²) >= 11 is 0. The predicted molar refractivity (Wildman–Crippen MR) is 107 cm³/mol. The van der Waals surface area contributed by atoms with Gasteiger partial charge in [0.15, 0.2) is 5.75 Å². The van der Waals surface area contributed by atoms with Crippen LogP contribution in [-0.2, 0) is 0 Å². The second-order valence-electron chi connectivity index (χ2n) is 6.98. The summed E-state index contributed by atoms with van der Waals surface area (Å²) in [6.07, 6.45) is 1.76. The monoisotopic (exact) mass is 383 g/mol. The Hall–Kier alpha value is -2.93. The Bertz CT molecular complexity index is 832. The topological polar surface area (TPSA) is 84.7 Å². The number of benzene rings is 2. The molecule has 1 saturated heterocycles. The number of piperidine rings is 1. The molecule has 2 aromatic rings. The fraction of sp³-hybridized carbons (Fsp3) is 0.381. The summed E-state index contributed by atoms with van der Waals surface area (Å²) in [5, 5.41) is 14.1. The van der Waals surface area contributed by atoms with Gasteiger partial charge in [-0.1, -0.05) is 30.3 Å². The number of aryl methyl sites for hydroxylation is 1. The molecule has 0 atom stereocenters. The minimum absolute atomic E-state index is 0.0138. The number of nitro groups is 1. The summed E-state index contributed by atoms with van der Waals surface area (Å²) in [5.74, 6) is 0.282. The van der Waals surface area contributed by atoms with Gasteiger partial charge in [-0.15, -0.1) is 0 Å². The maximum absolute atomic E-state index is 12.4. The minimum Gasteiger partial charge on any atom is -0.485 e. The maximum atomic E-state index is 12.4. The number of rotatable bonds is 7. The van der Waals surface area contributed by atoms with Crippen LogP contribution in [0.25, 0.3) is 0 Å². The Morgan fingerprint density at radius 1 is 1.18 bits per heavy atom. The molecule has 7 heteroatoms. The number of para-hydroxylation sites is 2. The molecule has 1 aliphatic rings. The largest absolute Gasteiger partial charge is 0.485 e. The van der Waals surface area contributed by atoms with E-state index in [1.54, 1.807) is 18.2 Å². The van der Waals surface area contributed by atoms with Crippen LogP contribution in [0.1, 0.15) is 28.8 Å². The second kappa shape index (κ2) is 9.32. The van der Waals surface area contributed by atoms with Gasteiger partial charge in [0.25, 0.3) is 5.91 Å². The van der Waals surface area contributed by atoms with Crippen LogP contribution < -0.4 is 10.1 Å². The molecule has 0 unspecified atom stereocenters. The number of carbonyl (C=O) groups excluding carboxylic acids is 1. The van der Waals surface area contributed by atoms with E-state index in [1.807, 2.05) is 31.2 Å². The highest BCUT2D eigenvalue weighted by atomic mass is 16.6. The van der Waals surface area contributed by atoms with Gasteiger partial charge in [-0.25, -0.2) is 0 Å². The molecule has 0 radical (unpaired) electrons. The lowest BCUT2D eigenvalue weighted by Gasteiger charge is -2.32. The zero-order valence-corrected chi connectivity index (χ0v) is 16.0. The molecule has 0 saturated carbocycles. The normalized spacial score (nSPS) is 15.2. The molecule has 2 aromatic carbocycles. The van der Waals surface area contributed by atoms with E-state index in [2.05, 4.69) is 10.2 Å². The van der Waals surface area contributed by atoms with E-state index in [1.165, 1.54) is 6.07 Å². The smallest absolute Gasteiger partial charge is 0.310 e. The highest BCUT2D eigenvalue weighted by Gasteiger charge is 2.22. The molecular weight excluding hydrogens is 358 g/mol. The van der Waals surface area contributed by atoms with Crippen molar-refractivity contribution in [1.29, 1.82) is 0 Å². The van der Waals surface area contributed by atoms with E-state index in [-0.39, 0.29) is 17.6 Å². The fourth-order valence-electron chi connectivity index (χ4n) is 3.41. The third-order valence-electron chi connectivity index (χ3n) is 5.04. The van der Waals surface area contributed by atoms with Crippen molar-refractivity contribution in [3.8, 4) is 5.75 Å². The summed E-state index contributed by atoms with van der Waals surface area (Å²) in [4.78, 5) is 25.3. The standard InChI is InChI=1S/C21H25N3O4/c1-16-6-2-3-7-18(16)21(25)22-17-10-12-23(13-11-17)14-15-28-20-9-5-4-8-19(20)24(26)27/h2-9,17H,10-15H2,1H3,(H,22,25). The third-order valence-corrected chi connectivity index (χ3v) is 5.04. The Balaban J connectivity index is 1.42. The first-order chi connectivity index (χ1) is 13.5. The molecular formula is C21H25N3O4. The van der Waals surface area contributed by atoms with Crippen molar-refractivity contribution in [2.45, 2.75) is 25.8 Å². The molecule has 0 spiro atoms. The van der Waals surface area contributed by atoms with Crippen LogP contribution in [0.15, 0.2) is 48.5 Å².